The molecule has 1 aliphatic heterocycles. The summed E-state index contributed by atoms with van der Waals surface area (Å²) in [7, 11) is 1.76. The Hall–Kier alpha value is -1.55. The number of nitrogens with zero attached hydrogens (tertiary/aromatic N) is 2. The third-order valence-corrected chi connectivity index (χ3v) is 2.86. The number of hydroxylamine groups is 2. The van der Waals surface area contributed by atoms with Crippen molar-refractivity contribution in [2.75, 3.05) is 13.7 Å². The lowest BCUT2D eigenvalue weighted by Crippen LogP contribution is -2.45. The molecule has 0 spiro atoms. The van der Waals surface area contributed by atoms with Gasteiger partial charge in [0.05, 0.1) is 0 Å². The van der Waals surface area contributed by atoms with E-state index in [0.29, 0.717) is 12.6 Å². The van der Waals surface area contributed by atoms with Crippen molar-refractivity contribution < 1.29 is 4.84 Å². The first-order valence-corrected chi connectivity index (χ1v) is 5.30. The molecule has 0 radical (unpaired) electrons. The molecule has 0 saturated carbocycles. The topological polar surface area (TPSA) is 50.9 Å². The Balaban J connectivity index is 2.40. The van der Waals surface area contributed by atoms with Crippen molar-refractivity contribution in [1.29, 1.82) is 0 Å². The van der Waals surface area contributed by atoms with Gasteiger partial charge in [-0.3, -0.25) is 4.84 Å². The fourth-order valence-electron chi connectivity index (χ4n) is 1.77. The summed E-state index contributed by atoms with van der Waals surface area (Å²) in [6, 6.07) is 8.26. The van der Waals surface area contributed by atoms with Crippen LogP contribution in [0.4, 0.5) is 0 Å². The minimum Gasteiger partial charge on any atom is -0.368 e. The van der Waals surface area contributed by atoms with Gasteiger partial charge in [0, 0.05) is 7.05 Å². The van der Waals surface area contributed by atoms with E-state index in [4.69, 9.17) is 10.6 Å². The fraction of sp³-hybridized carbons (Fsp3) is 0.417. The van der Waals surface area contributed by atoms with Gasteiger partial charge in [0.15, 0.2) is 0 Å². The second-order valence-corrected chi connectivity index (χ2v) is 4.38. The first-order chi connectivity index (χ1) is 7.51. The van der Waals surface area contributed by atoms with Crippen LogP contribution in [0.1, 0.15) is 18.1 Å². The van der Waals surface area contributed by atoms with Crippen molar-refractivity contribution >= 4 is 5.96 Å². The molecule has 1 unspecified atom stereocenters. The normalized spacial score (nSPS) is 25.4. The van der Waals surface area contributed by atoms with Crippen LogP contribution in [0.25, 0.3) is 0 Å². The lowest BCUT2D eigenvalue weighted by Gasteiger charge is -2.34. The van der Waals surface area contributed by atoms with Crippen LogP contribution in [0.15, 0.2) is 29.3 Å². The first kappa shape index (κ1) is 11.0. The maximum atomic E-state index is 5.78. The largest absolute Gasteiger partial charge is 0.368 e. The van der Waals surface area contributed by atoms with Gasteiger partial charge in [-0.05, 0) is 19.4 Å². The lowest BCUT2D eigenvalue weighted by molar-refractivity contribution is -0.113. The number of nitrogens with two attached hydrogens (primary N) is 1. The number of aryl methyl sites for hydroxylation is 1. The van der Waals surface area contributed by atoms with Crippen LogP contribution < -0.4 is 5.73 Å². The summed E-state index contributed by atoms with van der Waals surface area (Å²) in [4.78, 5) is 9.98. The minimum atomic E-state index is -0.386. The van der Waals surface area contributed by atoms with E-state index in [1.54, 1.807) is 7.05 Å². The molecule has 0 saturated heterocycles. The summed E-state index contributed by atoms with van der Waals surface area (Å²) < 4.78 is 0. The Labute approximate surface area is 95.7 Å². The van der Waals surface area contributed by atoms with Crippen LogP contribution in [-0.2, 0) is 10.4 Å². The molecule has 0 amide bonds. The van der Waals surface area contributed by atoms with Gasteiger partial charge in [-0.2, -0.15) is 0 Å². The highest BCUT2D eigenvalue weighted by Gasteiger charge is 2.32. The summed E-state index contributed by atoms with van der Waals surface area (Å²) >= 11 is 0. The summed E-state index contributed by atoms with van der Waals surface area (Å²) in [5, 5.41) is 1.50. The molecular formula is C12H17N3O. The zero-order valence-electron chi connectivity index (χ0n) is 9.90. The second kappa shape index (κ2) is 3.79. The van der Waals surface area contributed by atoms with Crippen LogP contribution in [0.3, 0.4) is 0 Å². The predicted molar refractivity (Wildman–Crippen MR) is 63.9 cm³/mol. The van der Waals surface area contributed by atoms with Crippen LogP contribution in [0.2, 0.25) is 0 Å². The average Bonchev–Trinajstić information content (AvgIpc) is 2.24. The van der Waals surface area contributed by atoms with E-state index < -0.39 is 0 Å². The van der Waals surface area contributed by atoms with Crippen molar-refractivity contribution in [3.63, 3.8) is 0 Å². The molecule has 2 rings (SSSR count). The molecule has 1 heterocycles. The van der Waals surface area contributed by atoms with E-state index in [0.717, 1.165) is 5.56 Å². The molecule has 0 aromatic heterocycles. The molecule has 0 bridgehead atoms. The Morgan fingerprint density at radius 2 is 2.25 bits per heavy atom. The average molecular weight is 219 g/mol. The number of guanidine groups is 1. The molecule has 1 aromatic carbocycles. The standard InChI is InChI=1S/C12H17N3O/c1-9-5-4-6-10(7-9)12(2)8-16-15(3)11(13)14-12/h4-7H,8H2,1-3H3,(H2,13,14). The lowest BCUT2D eigenvalue weighted by atomic mass is 9.92. The summed E-state index contributed by atoms with van der Waals surface area (Å²) in [6.07, 6.45) is 0. The molecule has 1 aliphatic rings. The quantitative estimate of drug-likeness (QED) is 0.776. The first-order valence-electron chi connectivity index (χ1n) is 5.30. The van der Waals surface area contributed by atoms with Crippen molar-refractivity contribution in [2.24, 2.45) is 10.7 Å². The van der Waals surface area contributed by atoms with Crippen molar-refractivity contribution in [3.05, 3.63) is 35.4 Å². The molecule has 1 aromatic rings. The molecule has 0 fully saturated rings. The van der Waals surface area contributed by atoms with E-state index in [1.807, 2.05) is 13.0 Å². The fourth-order valence-corrected chi connectivity index (χ4v) is 1.77. The molecule has 1 atom stereocenters. The maximum Gasteiger partial charge on any atom is 0.216 e. The van der Waals surface area contributed by atoms with Gasteiger partial charge in [-0.25, -0.2) is 10.1 Å². The highest BCUT2D eigenvalue weighted by Crippen LogP contribution is 2.29. The highest BCUT2D eigenvalue weighted by molar-refractivity contribution is 5.77. The van der Waals surface area contributed by atoms with E-state index in [9.17, 15) is 0 Å². The van der Waals surface area contributed by atoms with Gasteiger partial charge in [0.1, 0.15) is 12.1 Å². The van der Waals surface area contributed by atoms with Gasteiger partial charge in [0.2, 0.25) is 5.96 Å². The molecular weight excluding hydrogens is 202 g/mol. The minimum absolute atomic E-state index is 0.386. The van der Waals surface area contributed by atoms with Crippen molar-refractivity contribution in [3.8, 4) is 0 Å². The Morgan fingerprint density at radius 1 is 1.50 bits per heavy atom. The molecule has 2 N–H and O–H groups in total. The van der Waals surface area contributed by atoms with Gasteiger partial charge in [-0.15, -0.1) is 0 Å². The zero-order chi connectivity index (χ0) is 11.8. The maximum absolute atomic E-state index is 5.78. The van der Waals surface area contributed by atoms with Gasteiger partial charge in [-0.1, -0.05) is 29.8 Å². The SMILES string of the molecule is Cc1cccc(C2(C)CON(C)C(N)=N2)c1. The molecule has 0 aliphatic carbocycles. The van der Waals surface area contributed by atoms with Gasteiger partial charge >= 0.3 is 0 Å². The Kier molecular flexibility index (Phi) is 2.59. The number of aliphatic imine (C=N–C) groups is 1. The van der Waals surface area contributed by atoms with E-state index >= 15 is 0 Å². The third-order valence-electron chi connectivity index (χ3n) is 2.86. The van der Waals surface area contributed by atoms with Crippen molar-refractivity contribution in [1.82, 2.24) is 5.06 Å². The monoisotopic (exact) mass is 219 g/mol. The van der Waals surface area contributed by atoms with E-state index in [2.05, 4.69) is 30.1 Å². The van der Waals surface area contributed by atoms with Gasteiger partial charge in [0.25, 0.3) is 0 Å². The van der Waals surface area contributed by atoms with Gasteiger partial charge < -0.3 is 5.73 Å². The number of rotatable bonds is 1. The molecule has 86 valence electrons. The molecule has 16 heavy (non-hydrogen) atoms. The molecule has 4 nitrogen and oxygen atoms in total. The predicted octanol–water partition coefficient (Wildman–Crippen LogP) is 1.40. The van der Waals surface area contributed by atoms with Crippen LogP contribution in [0, 0.1) is 6.92 Å². The highest BCUT2D eigenvalue weighted by atomic mass is 16.7. The smallest absolute Gasteiger partial charge is 0.216 e. The Morgan fingerprint density at radius 3 is 2.88 bits per heavy atom. The second-order valence-electron chi connectivity index (χ2n) is 4.38. The van der Waals surface area contributed by atoms with Crippen molar-refractivity contribution in [2.45, 2.75) is 19.4 Å². The van der Waals surface area contributed by atoms with Crippen LogP contribution >= 0.6 is 0 Å². The molecule has 4 heteroatoms. The Bertz CT molecular complexity index is 430. The van der Waals surface area contributed by atoms with Crippen LogP contribution in [0.5, 0.6) is 0 Å². The number of benzene rings is 1. The van der Waals surface area contributed by atoms with E-state index in [1.165, 1.54) is 10.6 Å². The number of hydrogen-bond donors (Lipinski definition) is 1. The summed E-state index contributed by atoms with van der Waals surface area (Å²) in [5.74, 6) is 0.412. The third kappa shape index (κ3) is 1.88. The van der Waals surface area contributed by atoms with Crippen LogP contribution in [-0.4, -0.2) is 24.7 Å². The number of hydrogen-bond acceptors (Lipinski definition) is 4. The summed E-state index contributed by atoms with van der Waals surface area (Å²) in [6.45, 7) is 4.60. The summed E-state index contributed by atoms with van der Waals surface area (Å²) in [5.41, 5.74) is 7.74. The zero-order valence-corrected chi connectivity index (χ0v) is 9.90. The van der Waals surface area contributed by atoms with E-state index in [-0.39, 0.29) is 5.54 Å².